The molecule has 118 valence electrons. The largest absolute Gasteiger partial charge is 0.410 e. The molecule has 1 amide bonds. The number of fused-ring (bicyclic) bond motifs is 1. The molecule has 0 spiro atoms. The van der Waals surface area contributed by atoms with Crippen LogP contribution in [0.1, 0.15) is 10.4 Å². The van der Waals surface area contributed by atoms with Crippen molar-refractivity contribution in [2.24, 2.45) is 7.05 Å². The molecule has 3 rings (SSSR count). The number of carbonyl (C=O) groups is 1. The molecule has 8 heteroatoms. The standard InChI is InChI=1S/C14H15F3N4O/c1-20-8-19-10-3-2-9(6-11(10)20)13(22)21-5-4-18-7-12(21)14(15,16)17/h2-3,6,8,12,18H,4-5,7H2,1H3. The molecule has 1 N–H and O–H groups in total. The van der Waals surface area contributed by atoms with E-state index in [0.29, 0.717) is 17.6 Å². The summed E-state index contributed by atoms with van der Waals surface area (Å²) in [5, 5.41) is 2.68. The van der Waals surface area contributed by atoms with Gasteiger partial charge in [-0.25, -0.2) is 4.98 Å². The van der Waals surface area contributed by atoms with Gasteiger partial charge in [0.15, 0.2) is 0 Å². The summed E-state index contributed by atoms with van der Waals surface area (Å²) in [7, 11) is 1.77. The Morgan fingerprint density at radius 2 is 2.18 bits per heavy atom. The van der Waals surface area contributed by atoms with E-state index in [9.17, 15) is 18.0 Å². The monoisotopic (exact) mass is 312 g/mol. The first-order valence-electron chi connectivity index (χ1n) is 6.87. The summed E-state index contributed by atoms with van der Waals surface area (Å²) in [6.07, 6.45) is -2.85. The number of piperazine rings is 1. The molecule has 1 atom stereocenters. The number of aryl methyl sites for hydroxylation is 1. The Labute approximate surface area is 124 Å². The number of halogens is 3. The predicted molar refractivity (Wildman–Crippen MR) is 74.5 cm³/mol. The Morgan fingerprint density at radius 3 is 2.91 bits per heavy atom. The third kappa shape index (κ3) is 2.54. The van der Waals surface area contributed by atoms with Gasteiger partial charge < -0.3 is 14.8 Å². The van der Waals surface area contributed by atoms with Crippen molar-refractivity contribution in [3.63, 3.8) is 0 Å². The fraction of sp³-hybridized carbons (Fsp3) is 0.429. The first kappa shape index (κ1) is 14.8. The van der Waals surface area contributed by atoms with Gasteiger partial charge in [-0.3, -0.25) is 4.79 Å². The molecule has 1 fully saturated rings. The number of rotatable bonds is 1. The number of hydrogen-bond donors (Lipinski definition) is 1. The lowest BCUT2D eigenvalue weighted by molar-refractivity contribution is -0.179. The van der Waals surface area contributed by atoms with Gasteiger partial charge in [-0.15, -0.1) is 0 Å². The second kappa shape index (κ2) is 5.28. The van der Waals surface area contributed by atoms with Gasteiger partial charge in [0.1, 0.15) is 6.04 Å². The third-order valence-electron chi connectivity index (χ3n) is 3.85. The van der Waals surface area contributed by atoms with Crippen molar-refractivity contribution in [3.8, 4) is 0 Å². The molecule has 0 aliphatic carbocycles. The predicted octanol–water partition coefficient (Wildman–Crippen LogP) is 1.55. The number of nitrogens with zero attached hydrogens (tertiary/aromatic N) is 3. The van der Waals surface area contributed by atoms with E-state index < -0.39 is 18.1 Å². The van der Waals surface area contributed by atoms with Crippen molar-refractivity contribution in [2.45, 2.75) is 12.2 Å². The molecular weight excluding hydrogens is 297 g/mol. The zero-order valence-electron chi connectivity index (χ0n) is 11.9. The van der Waals surface area contributed by atoms with Crippen molar-refractivity contribution >= 4 is 16.9 Å². The minimum atomic E-state index is -4.44. The highest BCUT2D eigenvalue weighted by molar-refractivity contribution is 5.97. The van der Waals surface area contributed by atoms with Gasteiger partial charge in [0.25, 0.3) is 5.91 Å². The van der Waals surface area contributed by atoms with Crippen LogP contribution in [-0.2, 0) is 7.05 Å². The van der Waals surface area contributed by atoms with E-state index in [1.54, 1.807) is 30.1 Å². The maximum atomic E-state index is 13.1. The van der Waals surface area contributed by atoms with E-state index in [4.69, 9.17) is 0 Å². The number of nitrogens with one attached hydrogen (secondary N) is 1. The maximum Gasteiger partial charge on any atom is 0.410 e. The van der Waals surface area contributed by atoms with Crippen molar-refractivity contribution in [2.75, 3.05) is 19.6 Å². The first-order valence-corrected chi connectivity index (χ1v) is 6.87. The van der Waals surface area contributed by atoms with Gasteiger partial charge >= 0.3 is 6.18 Å². The first-order chi connectivity index (χ1) is 10.4. The van der Waals surface area contributed by atoms with Crippen LogP contribution in [0.25, 0.3) is 11.0 Å². The normalized spacial score (nSPS) is 19.6. The Hall–Kier alpha value is -2.09. The minimum Gasteiger partial charge on any atom is -0.334 e. The molecule has 5 nitrogen and oxygen atoms in total. The topological polar surface area (TPSA) is 50.2 Å². The molecule has 1 aliphatic rings. The van der Waals surface area contributed by atoms with Crippen LogP contribution in [0.5, 0.6) is 0 Å². The van der Waals surface area contributed by atoms with E-state index in [0.717, 1.165) is 4.90 Å². The van der Waals surface area contributed by atoms with E-state index in [2.05, 4.69) is 10.3 Å². The van der Waals surface area contributed by atoms with Gasteiger partial charge in [0, 0.05) is 32.2 Å². The molecule has 0 radical (unpaired) electrons. The molecule has 1 aromatic heterocycles. The Morgan fingerprint density at radius 1 is 1.41 bits per heavy atom. The van der Waals surface area contributed by atoms with Gasteiger partial charge in [-0.1, -0.05) is 0 Å². The number of benzene rings is 1. The number of aromatic nitrogens is 2. The second-order valence-corrected chi connectivity index (χ2v) is 5.32. The van der Waals surface area contributed by atoms with Crippen LogP contribution < -0.4 is 5.32 Å². The minimum absolute atomic E-state index is 0.0342. The van der Waals surface area contributed by atoms with Gasteiger partial charge in [0.2, 0.25) is 0 Å². The van der Waals surface area contributed by atoms with Gasteiger partial charge in [-0.2, -0.15) is 13.2 Å². The molecule has 1 unspecified atom stereocenters. The number of hydrogen-bond acceptors (Lipinski definition) is 3. The summed E-state index contributed by atoms with van der Waals surface area (Å²) in [5.41, 5.74) is 1.66. The lowest BCUT2D eigenvalue weighted by atomic mass is 10.1. The van der Waals surface area contributed by atoms with Crippen LogP contribution in [0.2, 0.25) is 0 Å². The average molecular weight is 312 g/mol. The lowest BCUT2D eigenvalue weighted by Gasteiger charge is -2.37. The number of carbonyl (C=O) groups excluding carboxylic acids is 1. The number of alkyl halides is 3. The maximum absolute atomic E-state index is 13.1. The van der Waals surface area contributed by atoms with E-state index in [-0.39, 0.29) is 18.7 Å². The second-order valence-electron chi connectivity index (χ2n) is 5.32. The number of imidazole rings is 1. The van der Waals surface area contributed by atoms with Crippen molar-refractivity contribution in [1.29, 1.82) is 0 Å². The van der Waals surface area contributed by atoms with Crippen molar-refractivity contribution in [1.82, 2.24) is 19.8 Å². The van der Waals surface area contributed by atoms with Crippen LogP contribution >= 0.6 is 0 Å². The Bertz CT molecular complexity index is 710. The highest BCUT2D eigenvalue weighted by Crippen LogP contribution is 2.27. The Kier molecular flexibility index (Phi) is 3.56. The highest BCUT2D eigenvalue weighted by atomic mass is 19.4. The molecule has 22 heavy (non-hydrogen) atoms. The van der Waals surface area contributed by atoms with E-state index in [1.807, 2.05) is 0 Å². The summed E-state index contributed by atoms with van der Waals surface area (Å²) < 4.78 is 41.0. The molecule has 0 saturated carbocycles. The van der Waals surface area contributed by atoms with Crippen LogP contribution in [0, 0.1) is 0 Å². The average Bonchev–Trinajstić information content (AvgIpc) is 2.86. The summed E-state index contributed by atoms with van der Waals surface area (Å²) in [4.78, 5) is 17.5. The fourth-order valence-electron chi connectivity index (χ4n) is 2.66. The summed E-state index contributed by atoms with van der Waals surface area (Å²) >= 11 is 0. The molecular formula is C14H15F3N4O. The Balaban J connectivity index is 1.94. The molecule has 2 heterocycles. The SMILES string of the molecule is Cn1cnc2ccc(C(=O)N3CCNCC3C(F)(F)F)cc21. The van der Waals surface area contributed by atoms with Gasteiger partial charge in [-0.05, 0) is 18.2 Å². The van der Waals surface area contributed by atoms with Gasteiger partial charge in [0.05, 0.1) is 17.4 Å². The molecule has 2 aromatic rings. The summed E-state index contributed by atoms with van der Waals surface area (Å²) in [6.45, 7) is 0.113. The molecule has 0 bridgehead atoms. The van der Waals surface area contributed by atoms with Crippen LogP contribution in [0.4, 0.5) is 13.2 Å². The van der Waals surface area contributed by atoms with Crippen molar-refractivity contribution in [3.05, 3.63) is 30.1 Å². The quantitative estimate of drug-likeness (QED) is 0.869. The van der Waals surface area contributed by atoms with Crippen molar-refractivity contribution < 1.29 is 18.0 Å². The summed E-state index contributed by atoms with van der Waals surface area (Å²) in [6, 6.07) is 2.96. The zero-order valence-corrected chi connectivity index (χ0v) is 11.9. The van der Waals surface area contributed by atoms with E-state index >= 15 is 0 Å². The molecule has 1 saturated heterocycles. The molecule has 1 aromatic carbocycles. The highest BCUT2D eigenvalue weighted by Gasteiger charge is 2.46. The smallest absolute Gasteiger partial charge is 0.334 e. The number of amides is 1. The van der Waals surface area contributed by atoms with Crippen LogP contribution in [-0.4, -0.2) is 52.2 Å². The lowest BCUT2D eigenvalue weighted by Crippen LogP contribution is -2.59. The molecule has 1 aliphatic heterocycles. The fourth-order valence-corrected chi connectivity index (χ4v) is 2.66. The third-order valence-corrected chi connectivity index (χ3v) is 3.85. The van der Waals surface area contributed by atoms with Crippen LogP contribution in [0.3, 0.4) is 0 Å². The van der Waals surface area contributed by atoms with E-state index in [1.165, 1.54) is 6.07 Å². The summed E-state index contributed by atoms with van der Waals surface area (Å²) in [5.74, 6) is -0.605. The zero-order chi connectivity index (χ0) is 15.9. The van der Waals surface area contributed by atoms with Crippen LogP contribution in [0.15, 0.2) is 24.5 Å².